The second-order valence-corrected chi connectivity index (χ2v) is 15.2. The number of amides is 1. The molecule has 0 aliphatic carbocycles. The molecule has 1 amide bonds. The van der Waals surface area contributed by atoms with Crippen molar-refractivity contribution in [2.24, 2.45) is 0 Å². The van der Waals surface area contributed by atoms with Gasteiger partial charge in [0.2, 0.25) is 5.91 Å². The fourth-order valence-electron chi connectivity index (χ4n) is 6.88. The summed E-state index contributed by atoms with van der Waals surface area (Å²) in [6, 6.07) is -0.0467. The third kappa shape index (κ3) is 37.8. The van der Waals surface area contributed by atoms with Crippen LogP contribution in [0.15, 0.2) is 0 Å². The smallest absolute Gasteiger partial charge is 0.305 e. The topological polar surface area (TPSA) is 55.4 Å². The van der Waals surface area contributed by atoms with E-state index in [1.54, 1.807) is 0 Å². The molecule has 0 radical (unpaired) electrons. The number of rotatable bonds is 40. The highest BCUT2D eigenvalue weighted by atomic mass is 16.5. The van der Waals surface area contributed by atoms with E-state index in [1.165, 1.54) is 186 Å². The SMILES string of the molecule is CCCCCCCCCCCCCCC(COC(=O)CCCCCCCCCCCCC)NC(=O)CCCCCCCCCCCCC. The maximum absolute atomic E-state index is 12.8. The van der Waals surface area contributed by atoms with E-state index in [9.17, 15) is 9.59 Å². The fraction of sp³-hybridized carbons (Fsp3) is 0.955. The summed E-state index contributed by atoms with van der Waals surface area (Å²) in [4.78, 5) is 25.3. The molecule has 1 unspecified atom stereocenters. The van der Waals surface area contributed by atoms with E-state index in [0.717, 1.165) is 38.5 Å². The Labute approximate surface area is 301 Å². The summed E-state index contributed by atoms with van der Waals surface area (Å²) < 4.78 is 5.71. The monoisotopic (exact) mass is 678 g/mol. The molecule has 286 valence electrons. The van der Waals surface area contributed by atoms with Crippen molar-refractivity contribution >= 4 is 11.9 Å². The number of unbranched alkanes of at least 4 members (excludes halogenated alkanes) is 31. The summed E-state index contributed by atoms with van der Waals surface area (Å²) in [7, 11) is 0. The highest BCUT2D eigenvalue weighted by Gasteiger charge is 2.15. The van der Waals surface area contributed by atoms with Gasteiger partial charge in [0, 0.05) is 12.8 Å². The molecule has 0 aromatic rings. The van der Waals surface area contributed by atoms with E-state index in [0.29, 0.717) is 19.4 Å². The Balaban J connectivity index is 4.19. The maximum atomic E-state index is 12.8. The van der Waals surface area contributed by atoms with Crippen LogP contribution >= 0.6 is 0 Å². The number of esters is 1. The minimum atomic E-state index is -0.0924. The Morgan fingerprint density at radius 3 is 1.04 bits per heavy atom. The standard InChI is InChI=1S/C44H87NO3/c1-4-7-10-13-16-19-22-25-26-29-32-35-38-42(45-43(46)39-36-33-30-27-23-20-17-14-11-8-5-2)41-48-44(47)40-37-34-31-28-24-21-18-15-12-9-6-3/h42H,4-41H2,1-3H3,(H,45,46). The Hall–Kier alpha value is -1.06. The summed E-state index contributed by atoms with van der Waals surface area (Å²) in [6.07, 6.45) is 46.2. The second kappa shape index (κ2) is 40.4. The summed E-state index contributed by atoms with van der Waals surface area (Å²) >= 11 is 0. The van der Waals surface area contributed by atoms with Crippen molar-refractivity contribution in [3.63, 3.8) is 0 Å². The summed E-state index contributed by atoms with van der Waals surface area (Å²) in [5.74, 6) is 0.0431. The summed E-state index contributed by atoms with van der Waals surface area (Å²) in [6.45, 7) is 7.16. The van der Waals surface area contributed by atoms with Crippen LogP contribution < -0.4 is 5.32 Å². The van der Waals surface area contributed by atoms with E-state index >= 15 is 0 Å². The van der Waals surface area contributed by atoms with Crippen molar-refractivity contribution in [2.75, 3.05) is 6.61 Å². The lowest BCUT2D eigenvalue weighted by molar-refractivity contribution is -0.145. The average Bonchev–Trinajstić information content (AvgIpc) is 3.08. The number of ether oxygens (including phenoxy) is 1. The zero-order chi connectivity index (χ0) is 35.0. The van der Waals surface area contributed by atoms with Crippen molar-refractivity contribution in [1.29, 1.82) is 0 Å². The van der Waals surface area contributed by atoms with Gasteiger partial charge in [-0.15, -0.1) is 0 Å². The van der Waals surface area contributed by atoms with Crippen LogP contribution in [-0.2, 0) is 14.3 Å². The molecule has 1 atom stereocenters. The van der Waals surface area contributed by atoms with Gasteiger partial charge in [-0.05, 0) is 19.3 Å². The predicted octanol–water partition coefficient (Wildman–Crippen LogP) is 14.5. The van der Waals surface area contributed by atoms with Crippen LogP contribution in [0.3, 0.4) is 0 Å². The number of nitrogens with one attached hydrogen (secondary N) is 1. The van der Waals surface area contributed by atoms with Crippen LogP contribution in [0.4, 0.5) is 0 Å². The van der Waals surface area contributed by atoms with Gasteiger partial charge in [-0.25, -0.2) is 0 Å². The van der Waals surface area contributed by atoms with E-state index in [1.807, 2.05) is 0 Å². The van der Waals surface area contributed by atoms with Crippen molar-refractivity contribution in [1.82, 2.24) is 5.32 Å². The number of hydrogen-bond acceptors (Lipinski definition) is 3. The molecule has 0 aromatic heterocycles. The lowest BCUT2D eigenvalue weighted by Gasteiger charge is -2.19. The van der Waals surface area contributed by atoms with Crippen LogP contribution in [0.5, 0.6) is 0 Å². The van der Waals surface area contributed by atoms with Crippen LogP contribution in [-0.4, -0.2) is 24.5 Å². The summed E-state index contributed by atoms with van der Waals surface area (Å²) in [5, 5.41) is 3.24. The molecule has 0 aromatic carbocycles. The molecule has 0 saturated heterocycles. The van der Waals surface area contributed by atoms with E-state index in [-0.39, 0.29) is 17.9 Å². The lowest BCUT2D eigenvalue weighted by atomic mass is 10.0. The first-order valence-electron chi connectivity index (χ1n) is 22.1. The van der Waals surface area contributed by atoms with E-state index < -0.39 is 0 Å². The first kappa shape index (κ1) is 46.9. The number of hydrogen-bond donors (Lipinski definition) is 1. The van der Waals surface area contributed by atoms with Crippen molar-refractivity contribution in [3.05, 3.63) is 0 Å². The Morgan fingerprint density at radius 2 is 0.688 bits per heavy atom. The second-order valence-electron chi connectivity index (χ2n) is 15.2. The number of carbonyl (C=O) groups excluding carboxylic acids is 2. The lowest BCUT2D eigenvalue weighted by Crippen LogP contribution is -2.38. The molecule has 4 nitrogen and oxygen atoms in total. The highest BCUT2D eigenvalue weighted by Crippen LogP contribution is 2.16. The van der Waals surface area contributed by atoms with Crippen LogP contribution in [0.2, 0.25) is 0 Å². The molecule has 0 saturated carbocycles. The first-order valence-corrected chi connectivity index (χ1v) is 22.1. The van der Waals surface area contributed by atoms with Gasteiger partial charge in [0.1, 0.15) is 6.61 Å². The molecule has 0 spiro atoms. The molecule has 0 aliphatic heterocycles. The van der Waals surface area contributed by atoms with Gasteiger partial charge in [0.25, 0.3) is 0 Å². The maximum Gasteiger partial charge on any atom is 0.305 e. The largest absolute Gasteiger partial charge is 0.463 e. The van der Waals surface area contributed by atoms with Crippen LogP contribution in [0.1, 0.15) is 258 Å². The van der Waals surface area contributed by atoms with Gasteiger partial charge < -0.3 is 10.1 Å². The van der Waals surface area contributed by atoms with Gasteiger partial charge in [-0.1, -0.05) is 226 Å². The molecule has 1 N–H and O–H groups in total. The minimum Gasteiger partial charge on any atom is -0.463 e. The number of carbonyl (C=O) groups is 2. The Bertz CT molecular complexity index is 651. The molecule has 48 heavy (non-hydrogen) atoms. The predicted molar refractivity (Wildman–Crippen MR) is 211 cm³/mol. The average molecular weight is 678 g/mol. The zero-order valence-electron chi connectivity index (χ0n) is 33.2. The van der Waals surface area contributed by atoms with Gasteiger partial charge in [-0.2, -0.15) is 0 Å². The molecule has 0 aliphatic rings. The highest BCUT2D eigenvalue weighted by molar-refractivity contribution is 5.76. The molecule has 0 fully saturated rings. The summed E-state index contributed by atoms with van der Waals surface area (Å²) in [5.41, 5.74) is 0. The quantitative estimate of drug-likeness (QED) is 0.0519. The molecule has 0 bridgehead atoms. The van der Waals surface area contributed by atoms with Gasteiger partial charge in [0.05, 0.1) is 6.04 Å². The zero-order valence-corrected chi connectivity index (χ0v) is 33.2. The normalized spacial score (nSPS) is 12.0. The van der Waals surface area contributed by atoms with E-state index in [4.69, 9.17) is 4.74 Å². The van der Waals surface area contributed by atoms with Gasteiger partial charge in [-0.3, -0.25) is 9.59 Å². The van der Waals surface area contributed by atoms with Gasteiger partial charge >= 0.3 is 5.97 Å². The third-order valence-electron chi connectivity index (χ3n) is 10.2. The molecule has 0 heterocycles. The van der Waals surface area contributed by atoms with Crippen molar-refractivity contribution in [2.45, 2.75) is 264 Å². The van der Waals surface area contributed by atoms with Crippen LogP contribution in [0, 0.1) is 0 Å². The Morgan fingerprint density at radius 1 is 0.396 bits per heavy atom. The van der Waals surface area contributed by atoms with Crippen molar-refractivity contribution < 1.29 is 14.3 Å². The Kier molecular flexibility index (Phi) is 39.5. The fourth-order valence-corrected chi connectivity index (χ4v) is 6.88. The van der Waals surface area contributed by atoms with Gasteiger partial charge in [0.15, 0.2) is 0 Å². The molecular weight excluding hydrogens is 590 g/mol. The van der Waals surface area contributed by atoms with Crippen molar-refractivity contribution in [3.8, 4) is 0 Å². The molecule has 0 rings (SSSR count). The van der Waals surface area contributed by atoms with E-state index in [2.05, 4.69) is 26.1 Å². The molecule has 4 heteroatoms. The van der Waals surface area contributed by atoms with Crippen LogP contribution in [0.25, 0.3) is 0 Å². The molecular formula is C44H87NO3. The third-order valence-corrected chi connectivity index (χ3v) is 10.2. The minimum absolute atomic E-state index is 0.0467. The first-order chi connectivity index (χ1) is 23.6.